The first kappa shape index (κ1) is 23.9. The minimum Gasteiger partial charge on any atom is -0.345 e. The molecule has 0 atom stereocenters. The van der Waals surface area contributed by atoms with Gasteiger partial charge in [-0.25, -0.2) is 9.37 Å². The zero-order valence-corrected chi connectivity index (χ0v) is 20.4. The molecule has 1 saturated carbocycles. The number of piperidine rings is 1. The molecule has 5 nitrogen and oxygen atoms in total. The molecule has 1 aliphatic carbocycles. The zero-order chi connectivity index (χ0) is 23.4. The van der Waals surface area contributed by atoms with E-state index in [2.05, 4.69) is 10.3 Å². The molecule has 1 saturated heterocycles. The van der Waals surface area contributed by atoms with E-state index in [4.69, 9.17) is 0 Å². The van der Waals surface area contributed by atoms with Crippen LogP contribution in [0.4, 0.5) is 4.39 Å². The molecule has 2 aromatic rings. The van der Waals surface area contributed by atoms with Gasteiger partial charge in [0.2, 0.25) is 5.91 Å². The minimum atomic E-state index is -0.483. The second-order valence-electron chi connectivity index (χ2n) is 10.1. The fourth-order valence-electron chi connectivity index (χ4n) is 5.06. The van der Waals surface area contributed by atoms with Crippen LogP contribution >= 0.6 is 11.3 Å². The number of aromatic nitrogens is 1. The number of hydrogen-bond donors (Lipinski definition) is 1. The van der Waals surface area contributed by atoms with E-state index in [0.717, 1.165) is 49.3 Å². The normalized spacial score (nSPS) is 18.3. The van der Waals surface area contributed by atoms with E-state index >= 15 is 0 Å². The lowest BCUT2D eigenvalue weighted by molar-refractivity contribution is -0.137. The number of rotatable bonds is 6. The van der Waals surface area contributed by atoms with Gasteiger partial charge in [0.25, 0.3) is 5.91 Å². The van der Waals surface area contributed by atoms with Crippen LogP contribution in [0.25, 0.3) is 0 Å². The predicted molar refractivity (Wildman–Crippen MR) is 129 cm³/mol. The molecule has 1 aliphatic heterocycles. The Morgan fingerprint density at radius 3 is 2.42 bits per heavy atom. The molecule has 33 heavy (non-hydrogen) atoms. The molecule has 2 aliphatic rings. The quantitative estimate of drug-likeness (QED) is 0.620. The molecule has 7 heteroatoms. The molecule has 0 bridgehead atoms. The van der Waals surface area contributed by atoms with Crippen molar-refractivity contribution in [2.75, 3.05) is 13.1 Å². The number of halogens is 1. The number of carbonyl (C=O) groups excluding carboxylic acids is 2. The van der Waals surface area contributed by atoms with Crippen molar-refractivity contribution in [2.24, 2.45) is 5.92 Å². The number of nitrogens with zero attached hydrogens (tertiary/aromatic N) is 2. The van der Waals surface area contributed by atoms with Crippen LogP contribution in [0.15, 0.2) is 29.6 Å². The first-order valence-corrected chi connectivity index (χ1v) is 13.0. The number of thiazole rings is 1. The van der Waals surface area contributed by atoms with E-state index in [1.165, 1.54) is 42.7 Å². The molecule has 2 fully saturated rings. The average molecular weight is 472 g/mol. The van der Waals surface area contributed by atoms with Gasteiger partial charge in [-0.2, -0.15) is 0 Å². The van der Waals surface area contributed by atoms with Crippen molar-refractivity contribution < 1.29 is 14.0 Å². The van der Waals surface area contributed by atoms with Crippen LogP contribution < -0.4 is 5.32 Å². The molecular formula is C26H34FN3O2S. The Hall–Kier alpha value is -2.28. The van der Waals surface area contributed by atoms with Crippen molar-refractivity contribution in [3.63, 3.8) is 0 Å². The van der Waals surface area contributed by atoms with Gasteiger partial charge in [-0.3, -0.25) is 9.59 Å². The molecule has 1 N–H and O–H groups in total. The summed E-state index contributed by atoms with van der Waals surface area (Å²) in [7, 11) is 0. The van der Waals surface area contributed by atoms with Gasteiger partial charge in [0, 0.05) is 35.8 Å². The maximum Gasteiger partial charge on any atom is 0.271 e. The second kappa shape index (κ2) is 10.3. The highest BCUT2D eigenvalue weighted by molar-refractivity contribution is 7.09. The highest BCUT2D eigenvalue weighted by Crippen LogP contribution is 2.32. The number of benzene rings is 1. The summed E-state index contributed by atoms with van der Waals surface area (Å²) in [5.74, 6) is 0.424. The third-order valence-electron chi connectivity index (χ3n) is 6.88. The van der Waals surface area contributed by atoms with E-state index < -0.39 is 5.54 Å². The summed E-state index contributed by atoms with van der Waals surface area (Å²) in [6, 6.07) is 6.37. The van der Waals surface area contributed by atoms with Crippen molar-refractivity contribution in [1.82, 2.24) is 15.2 Å². The maximum atomic E-state index is 13.2. The summed E-state index contributed by atoms with van der Waals surface area (Å²) in [5.41, 5.74) is 0.932. The van der Waals surface area contributed by atoms with Gasteiger partial charge in [0.05, 0.1) is 5.01 Å². The Balaban J connectivity index is 1.30. The smallest absolute Gasteiger partial charge is 0.271 e. The monoisotopic (exact) mass is 471 g/mol. The van der Waals surface area contributed by atoms with Crippen molar-refractivity contribution in [3.8, 4) is 0 Å². The molecule has 1 aromatic heterocycles. The average Bonchev–Trinajstić information content (AvgIpc) is 3.31. The van der Waals surface area contributed by atoms with Crippen LogP contribution in [0.3, 0.4) is 0 Å². The molecule has 178 valence electrons. The third-order valence-corrected chi connectivity index (χ3v) is 7.88. The van der Waals surface area contributed by atoms with Crippen molar-refractivity contribution in [2.45, 2.75) is 76.7 Å². The molecular weight excluding hydrogens is 437 g/mol. The first-order chi connectivity index (χ1) is 15.8. The summed E-state index contributed by atoms with van der Waals surface area (Å²) < 4.78 is 13.2. The first-order valence-electron chi connectivity index (χ1n) is 12.1. The maximum absolute atomic E-state index is 13.2. The molecule has 4 rings (SSSR count). The Bertz CT molecular complexity index is 958. The number of carbonyl (C=O) groups is 2. The Kier molecular flexibility index (Phi) is 7.47. The summed E-state index contributed by atoms with van der Waals surface area (Å²) >= 11 is 1.54. The molecule has 2 heterocycles. The predicted octanol–water partition coefficient (Wildman–Crippen LogP) is 5.32. The number of hydrogen-bond acceptors (Lipinski definition) is 4. The summed E-state index contributed by atoms with van der Waals surface area (Å²) in [6.07, 6.45) is 8.11. The fourth-order valence-corrected chi connectivity index (χ4v) is 6.03. The topological polar surface area (TPSA) is 62.3 Å². The Morgan fingerprint density at radius 2 is 1.76 bits per heavy atom. The Morgan fingerprint density at radius 1 is 1.09 bits per heavy atom. The second-order valence-corrected chi connectivity index (χ2v) is 11.0. The standard InChI is InChI=1S/C26H34FN3O2S/c1-26(2,16-18-8-10-21(27)11-9-18)29-23(31)22-17-33-24(28-22)19-12-14-30(15-13-19)25(32)20-6-4-3-5-7-20/h8-11,17,19-20H,3-7,12-16H2,1-2H3,(H,29,31). The summed E-state index contributed by atoms with van der Waals surface area (Å²) in [4.78, 5) is 32.3. The summed E-state index contributed by atoms with van der Waals surface area (Å²) in [6.45, 7) is 5.48. The van der Waals surface area contributed by atoms with E-state index in [9.17, 15) is 14.0 Å². The lowest BCUT2D eigenvalue weighted by Gasteiger charge is -2.34. The molecule has 0 spiro atoms. The van der Waals surface area contributed by atoms with Gasteiger partial charge in [0.15, 0.2) is 0 Å². The number of likely N-dealkylation sites (tertiary alicyclic amines) is 1. The Labute approximate surface area is 199 Å². The van der Waals surface area contributed by atoms with Crippen molar-refractivity contribution >= 4 is 23.2 Å². The van der Waals surface area contributed by atoms with Gasteiger partial charge in [-0.1, -0.05) is 31.4 Å². The van der Waals surface area contributed by atoms with Crippen LogP contribution in [-0.4, -0.2) is 40.3 Å². The van der Waals surface area contributed by atoms with Gasteiger partial charge in [-0.05, 0) is 63.6 Å². The van der Waals surface area contributed by atoms with Crippen LogP contribution in [0.5, 0.6) is 0 Å². The SMILES string of the molecule is CC(C)(Cc1ccc(F)cc1)NC(=O)c1csc(C2CCN(C(=O)C3CCCCC3)CC2)n1. The van der Waals surface area contributed by atoms with Crippen LogP contribution in [0.1, 0.15) is 85.8 Å². The van der Waals surface area contributed by atoms with Gasteiger partial charge < -0.3 is 10.2 Å². The lowest BCUT2D eigenvalue weighted by atomic mass is 9.87. The van der Waals surface area contributed by atoms with E-state index in [1.54, 1.807) is 12.1 Å². The largest absolute Gasteiger partial charge is 0.345 e. The number of amides is 2. The third kappa shape index (κ3) is 6.19. The van der Waals surface area contributed by atoms with Crippen molar-refractivity contribution in [1.29, 1.82) is 0 Å². The lowest BCUT2D eigenvalue weighted by Crippen LogP contribution is -2.45. The van der Waals surface area contributed by atoms with Gasteiger partial charge in [0.1, 0.15) is 11.5 Å². The van der Waals surface area contributed by atoms with Crippen molar-refractivity contribution in [3.05, 3.63) is 51.7 Å². The van der Waals surface area contributed by atoms with E-state index in [1.807, 2.05) is 24.1 Å². The molecule has 1 aromatic carbocycles. The number of nitrogens with one attached hydrogen (secondary N) is 1. The van der Waals surface area contributed by atoms with Crippen LogP contribution in [0.2, 0.25) is 0 Å². The van der Waals surface area contributed by atoms with Crippen LogP contribution in [-0.2, 0) is 11.2 Å². The molecule has 0 unspecified atom stereocenters. The van der Waals surface area contributed by atoms with E-state index in [0.29, 0.717) is 23.9 Å². The highest BCUT2D eigenvalue weighted by atomic mass is 32.1. The minimum absolute atomic E-state index is 0.186. The van der Waals surface area contributed by atoms with E-state index in [-0.39, 0.29) is 17.6 Å². The zero-order valence-electron chi connectivity index (χ0n) is 19.6. The molecule has 0 radical (unpaired) electrons. The molecule has 2 amide bonds. The highest BCUT2D eigenvalue weighted by Gasteiger charge is 2.31. The van der Waals surface area contributed by atoms with Crippen LogP contribution in [0, 0.1) is 11.7 Å². The van der Waals surface area contributed by atoms with Gasteiger partial charge >= 0.3 is 0 Å². The summed E-state index contributed by atoms with van der Waals surface area (Å²) in [5, 5.41) is 5.89. The fraction of sp³-hybridized carbons (Fsp3) is 0.577. The van der Waals surface area contributed by atoms with Gasteiger partial charge in [-0.15, -0.1) is 11.3 Å².